The molecule has 2 saturated heterocycles. The van der Waals surface area contributed by atoms with Crippen molar-refractivity contribution < 1.29 is 9.18 Å². The quantitative estimate of drug-likeness (QED) is 0.920. The van der Waals surface area contributed by atoms with E-state index in [2.05, 4.69) is 10.3 Å². The first-order chi connectivity index (χ1) is 11.1. The van der Waals surface area contributed by atoms with Gasteiger partial charge in [0.25, 0.3) is 5.91 Å². The maximum atomic E-state index is 13.0. The Morgan fingerprint density at radius 2 is 1.91 bits per heavy atom. The molecule has 0 unspecified atom stereocenters. The second-order valence-corrected chi connectivity index (χ2v) is 7.33. The van der Waals surface area contributed by atoms with Crippen molar-refractivity contribution in [2.75, 3.05) is 26.2 Å². The highest BCUT2D eigenvalue weighted by Gasteiger charge is 2.39. The fourth-order valence-corrected chi connectivity index (χ4v) is 4.52. The Hall–Kier alpha value is -1.79. The van der Waals surface area contributed by atoms with Crippen LogP contribution in [0, 0.1) is 24.6 Å². The molecule has 3 heterocycles. The van der Waals surface area contributed by atoms with Crippen molar-refractivity contribution in [1.29, 1.82) is 0 Å². The van der Waals surface area contributed by atoms with Crippen LogP contribution >= 0.6 is 11.3 Å². The van der Waals surface area contributed by atoms with Gasteiger partial charge in [-0.15, -0.1) is 11.3 Å². The zero-order valence-electron chi connectivity index (χ0n) is 12.9. The summed E-state index contributed by atoms with van der Waals surface area (Å²) >= 11 is 1.40. The van der Waals surface area contributed by atoms with Gasteiger partial charge >= 0.3 is 0 Å². The van der Waals surface area contributed by atoms with Crippen LogP contribution in [0.5, 0.6) is 0 Å². The fraction of sp³-hybridized carbons (Fsp3) is 0.412. The van der Waals surface area contributed by atoms with Gasteiger partial charge in [0.2, 0.25) is 0 Å². The minimum Gasteiger partial charge on any atom is -0.337 e. The van der Waals surface area contributed by atoms with Gasteiger partial charge in [-0.1, -0.05) is 0 Å². The molecule has 23 heavy (non-hydrogen) atoms. The third-order valence-corrected chi connectivity index (χ3v) is 5.95. The fourth-order valence-electron chi connectivity index (χ4n) is 3.48. The lowest BCUT2D eigenvalue weighted by Crippen LogP contribution is -2.31. The van der Waals surface area contributed by atoms with Crippen molar-refractivity contribution in [3.63, 3.8) is 0 Å². The Labute approximate surface area is 138 Å². The van der Waals surface area contributed by atoms with Gasteiger partial charge in [0.15, 0.2) is 0 Å². The van der Waals surface area contributed by atoms with Crippen LogP contribution in [0.15, 0.2) is 24.3 Å². The van der Waals surface area contributed by atoms with Gasteiger partial charge in [0.05, 0.1) is 5.69 Å². The molecule has 0 spiro atoms. The summed E-state index contributed by atoms with van der Waals surface area (Å²) in [6.07, 6.45) is 0. The summed E-state index contributed by atoms with van der Waals surface area (Å²) in [5.41, 5.74) is 1.61. The second-order valence-electron chi connectivity index (χ2n) is 6.33. The van der Waals surface area contributed by atoms with E-state index in [4.69, 9.17) is 0 Å². The molecular weight excluding hydrogens is 313 g/mol. The Balaban J connectivity index is 1.57. The van der Waals surface area contributed by atoms with Crippen molar-refractivity contribution in [1.82, 2.24) is 15.2 Å². The van der Waals surface area contributed by atoms with Crippen LogP contribution < -0.4 is 5.32 Å². The van der Waals surface area contributed by atoms with Gasteiger partial charge < -0.3 is 10.2 Å². The van der Waals surface area contributed by atoms with Crippen LogP contribution in [-0.4, -0.2) is 42.0 Å². The highest BCUT2D eigenvalue weighted by Crippen LogP contribution is 2.32. The SMILES string of the molecule is Cc1nc(-c2ccc(F)cc2)sc1C(=O)N1C[C@H]2CNC[C@H]2C1. The number of nitrogens with one attached hydrogen (secondary N) is 1. The van der Waals surface area contributed by atoms with E-state index < -0.39 is 0 Å². The largest absolute Gasteiger partial charge is 0.337 e. The van der Waals surface area contributed by atoms with E-state index in [9.17, 15) is 9.18 Å². The van der Waals surface area contributed by atoms with Crippen molar-refractivity contribution in [2.45, 2.75) is 6.92 Å². The number of nitrogens with zero attached hydrogens (tertiary/aromatic N) is 2. The first kappa shape index (κ1) is 14.8. The molecule has 120 valence electrons. The number of amides is 1. The minimum atomic E-state index is -0.268. The molecule has 1 N–H and O–H groups in total. The van der Waals surface area contributed by atoms with Gasteiger partial charge in [0, 0.05) is 31.7 Å². The molecule has 2 fully saturated rings. The van der Waals surface area contributed by atoms with Gasteiger partial charge in [-0.05, 0) is 43.0 Å². The molecule has 4 rings (SSSR count). The number of aromatic nitrogens is 1. The molecular formula is C17H18FN3OS. The van der Waals surface area contributed by atoms with E-state index in [0.29, 0.717) is 16.7 Å². The summed E-state index contributed by atoms with van der Waals surface area (Å²) in [6.45, 7) is 5.56. The Morgan fingerprint density at radius 3 is 2.57 bits per heavy atom. The van der Waals surface area contributed by atoms with Crippen LogP contribution in [0.4, 0.5) is 4.39 Å². The maximum absolute atomic E-state index is 13.0. The third kappa shape index (κ3) is 2.66. The molecule has 1 amide bonds. The summed E-state index contributed by atoms with van der Waals surface area (Å²) in [5.74, 6) is 0.991. The standard InChI is InChI=1S/C17H18FN3OS/c1-10-15(17(22)21-8-12-6-19-7-13(12)9-21)23-16(20-10)11-2-4-14(18)5-3-11/h2-5,12-13,19H,6-9H2,1H3/t12-,13+. The van der Waals surface area contributed by atoms with Crippen LogP contribution in [0.3, 0.4) is 0 Å². The lowest BCUT2D eigenvalue weighted by Gasteiger charge is -2.16. The highest BCUT2D eigenvalue weighted by molar-refractivity contribution is 7.17. The minimum absolute atomic E-state index is 0.0859. The van der Waals surface area contributed by atoms with Gasteiger partial charge in [-0.25, -0.2) is 9.37 Å². The lowest BCUT2D eigenvalue weighted by atomic mass is 10.0. The Kier molecular flexibility index (Phi) is 3.66. The Bertz CT molecular complexity index is 731. The van der Waals surface area contributed by atoms with E-state index in [1.165, 1.54) is 23.5 Å². The zero-order valence-corrected chi connectivity index (χ0v) is 13.7. The number of thiazole rings is 1. The predicted molar refractivity (Wildman–Crippen MR) is 88.0 cm³/mol. The summed E-state index contributed by atoms with van der Waals surface area (Å²) in [6, 6.07) is 6.24. The molecule has 6 heteroatoms. The van der Waals surface area contributed by atoms with Crippen LogP contribution in [-0.2, 0) is 0 Å². The van der Waals surface area contributed by atoms with E-state index in [0.717, 1.165) is 42.4 Å². The van der Waals surface area contributed by atoms with Gasteiger partial charge in [0.1, 0.15) is 15.7 Å². The predicted octanol–water partition coefficient (Wildman–Crippen LogP) is 2.55. The van der Waals surface area contributed by atoms with E-state index in [1.807, 2.05) is 11.8 Å². The first-order valence-electron chi connectivity index (χ1n) is 7.85. The lowest BCUT2D eigenvalue weighted by molar-refractivity contribution is 0.0785. The van der Waals surface area contributed by atoms with E-state index >= 15 is 0 Å². The molecule has 0 radical (unpaired) electrons. The van der Waals surface area contributed by atoms with Gasteiger partial charge in [-0.2, -0.15) is 0 Å². The third-order valence-electron chi connectivity index (χ3n) is 4.76. The number of rotatable bonds is 2. The van der Waals surface area contributed by atoms with Crippen molar-refractivity contribution in [3.05, 3.63) is 40.7 Å². The smallest absolute Gasteiger partial charge is 0.265 e. The molecule has 1 aromatic carbocycles. The number of hydrogen-bond acceptors (Lipinski definition) is 4. The average molecular weight is 331 g/mol. The van der Waals surface area contributed by atoms with Crippen molar-refractivity contribution >= 4 is 17.2 Å². The van der Waals surface area contributed by atoms with E-state index in [1.54, 1.807) is 12.1 Å². The molecule has 0 aliphatic carbocycles. The molecule has 1 aromatic heterocycles. The number of aryl methyl sites for hydroxylation is 1. The van der Waals surface area contributed by atoms with Crippen molar-refractivity contribution in [3.8, 4) is 10.6 Å². The zero-order chi connectivity index (χ0) is 16.0. The topological polar surface area (TPSA) is 45.2 Å². The number of benzene rings is 1. The number of carbonyl (C=O) groups excluding carboxylic acids is 1. The molecule has 2 atom stereocenters. The molecule has 2 aromatic rings. The highest BCUT2D eigenvalue weighted by atomic mass is 32.1. The molecule has 0 bridgehead atoms. The summed E-state index contributed by atoms with van der Waals surface area (Å²) in [5, 5.41) is 4.16. The van der Waals surface area contributed by atoms with Gasteiger partial charge in [-0.3, -0.25) is 4.79 Å². The molecule has 2 aliphatic heterocycles. The molecule has 4 nitrogen and oxygen atoms in total. The number of hydrogen-bond donors (Lipinski definition) is 1. The first-order valence-corrected chi connectivity index (χ1v) is 8.67. The summed E-state index contributed by atoms with van der Waals surface area (Å²) in [7, 11) is 0. The molecule has 2 aliphatic rings. The number of carbonyl (C=O) groups is 1. The summed E-state index contributed by atoms with van der Waals surface area (Å²) < 4.78 is 13.0. The van der Waals surface area contributed by atoms with Crippen LogP contribution in [0.25, 0.3) is 10.6 Å². The van der Waals surface area contributed by atoms with Crippen LogP contribution in [0.1, 0.15) is 15.4 Å². The number of halogens is 1. The van der Waals surface area contributed by atoms with Crippen molar-refractivity contribution in [2.24, 2.45) is 11.8 Å². The average Bonchev–Trinajstić information content (AvgIpc) is 3.21. The van der Waals surface area contributed by atoms with Crippen LogP contribution in [0.2, 0.25) is 0 Å². The number of fused-ring (bicyclic) bond motifs is 1. The number of likely N-dealkylation sites (tertiary alicyclic amines) is 1. The maximum Gasteiger partial charge on any atom is 0.265 e. The Morgan fingerprint density at radius 1 is 1.26 bits per heavy atom. The summed E-state index contributed by atoms with van der Waals surface area (Å²) in [4.78, 5) is 20.0. The molecule has 0 saturated carbocycles. The monoisotopic (exact) mass is 331 g/mol. The second kappa shape index (κ2) is 5.69. The normalized spacial score (nSPS) is 23.3. The van der Waals surface area contributed by atoms with E-state index in [-0.39, 0.29) is 11.7 Å².